The first-order valence-electron chi connectivity index (χ1n) is 8.66. The highest BCUT2D eigenvalue weighted by Crippen LogP contribution is 2.11. The van der Waals surface area contributed by atoms with E-state index in [0.29, 0.717) is 16.7 Å². The van der Waals surface area contributed by atoms with Crippen molar-refractivity contribution in [2.75, 3.05) is 0 Å². The van der Waals surface area contributed by atoms with E-state index in [0.717, 1.165) is 5.56 Å². The van der Waals surface area contributed by atoms with Crippen LogP contribution in [0.3, 0.4) is 0 Å². The molecule has 3 aromatic rings. The van der Waals surface area contributed by atoms with E-state index in [1.807, 2.05) is 19.9 Å². The first-order chi connectivity index (χ1) is 12.9. The summed E-state index contributed by atoms with van der Waals surface area (Å²) in [6, 6.07) is 12.9. The fourth-order valence-electron chi connectivity index (χ4n) is 2.72. The molecule has 0 atom stereocenters. The van der Waals surface area contributed by atoms with Gasteiger partial charge in [-0.05, 0) is 49.8 Å². The number of rotatable bonds is 5. The third-order valence-corrected chi connectivity index (χ3v) is 4.18. The van der Waals surface area contributed by atoms with Gasteiger partial charge in [-0.1, -0.05) is 24.3 Å². The molecule has 27 heavy (non-hydrogen) atoms. The lowest BCUT2D eigenvalue weighted by Gasteiger charge is -2.25. The number of H-pyrrole nitrogens is 1. The molecule has 0 unspecified atom stereocenters. The zero-order chi connectivity index (χ0) is 19.4. The third kappa shape index (κ3) is 4.47. The zero-order valence-electron chi connectivity index (χ0n) is 15.1. The molecular formula is C21H20FN3O2. The number of benzene rings is 2. The Kier molecular flexibility index (Phi) is 5.45. The van der Waals surface area contributed by atoms with Crippen LogP contribution < -0.4 is 5.56 Å². The fraction of sp³-hybridized carbons (Fsp3) is 0.190. The third-order valence-electron chi connectivity index (χ3n) is 4.18. The molecule has 138 valence electrons. The van der Waals surface area contributed by atoms with Crippen LogP contribution in [0.15, 0.2) is 59.4 Å². The molecule has 0 bridgehead atoms. The standard InChI is InChI=1S/C21H20FN3O2/c1-14(2)25(20(26)12-9-15-7-10-16(22)11-8-15)13-19-23-18-6-4-3-5-17(18)21(27)24-19/h3-12,14H,13H2,1-2H3,(H,23,24,27)/b12-9+. The van der Waals surface area contributed by atoms with Crippen LogP contribution >= 0.6 is 0 Å². The van der Waals surface area contributed by atoms with Gasteiger partial charge in [-0.2, -0.15) is 0 Å². The summed E-state index contributed by atoms with van der Waals surface area (Å²) >= 11 is 0. The maximum atomic E-state index is 13.0. The van der Waals surface area contributed by atoms with Crippen LogP contribution in [0.1, 0.15) is 25.2 Å². The van der Waals surface area contributed by atoms with Crippen LogP contribution in [0.25, 0.3) is 17.0 Å². The molecule has 0 spiro atoms. The summed E-state index contributed by atoms with van der Waals surface area (Å²) in [6.07, 6.45) is 3.07. The molecule has 0 aliphatic heterocycles. The van der Waals surface area contributed by atoms with Crippen molar-refractivity contribution < 1.29 is 9.18 Å². The molecule has 0 aliphatic rings. The summed E-state index contributed by atoms with van der Waals surface area (Å²) in [6.45, 7) is 3.97. The molecule has 0 radical (unpaired) electrons. The molecule has 0 aliphatic carbocycles. The number of fused-ring (bicyclic) bond motifs is 1. The maximum absolute atomic E-state index is 13.0. The molecule has 0 saturated heterocycles. The summed E-state index contributed by atoms with van der Waals surface area (Å²) in [4.78, 5) is 33.6. The van der Waals surface area contributed by atoms with E-state index in [2.05, 4.69) is 9.97 Å². The lowest BCUT2D eigenvalue weighted by molar-refractivity contribution is -0.128. The molecule has 1 amide bonds. The predicted octanol–water partition coefficient (Wildman–Crippen LogP) is 3.51. The van der Waals surface area contributed by atoms with Gasteiger partial charge in [-0.15, -0.1) is 0 Å². The number of para-hydroxylation sites is 1. The zero-order valence-corrected chi connectivity index (χ0v) is 15.1. The Balaban J connectivity index is 1.82. The van der Waals surface area contributed by atoms with Gasteiger partial charge in [-0.25, -0.2) is 9.37 Å². The lowest BCUT2D eigenvalue weighted by Crippen LogP contribution is -2.36. The minimum absolute atomic E-state index is 0.0906. The van der Waals surface area contributed by atoms with E-state index in [1.54, 1.807) is 41.3 Å². The van der Waals surface area contributed by atoms with Gasteiger partial charge >= 0.3 is 0 Å². The topological polar surface area (TPSA) is 66.1 Å². The number of halogens is 1. The van der Waals surface area contributed by atoms with Crippen LogP contribution in [0.4, 0.5) is 4.39 Å². The predicted molar refractivity (Wildman–Crippen MR) is 103 cm³/mol. The number of hydrogen-bond acceptors (Lipinski definition) is 3. The van der Waals surface area contributed by atoms with E-state index in [4.69, 9.17) is 0 Å². The largest absolute Gasteiger partial charge is 0.329 e. The number of carbonyl (C=O) groups excluding carboxylic acids is 1. The van der Waals surface area contributed by atoms with E-state index < -0.39 is 0 Å². The number of amides is 1. The Morgan fingerprint density at radius 1 is 1.19 bits per heavy atom. The van der Waals surface area contributed by atoms with Gasteiger partial charge in [0, 0.05) is 12.1 Å². The lowest BCUT2D eigenvalue weighted by atomic mass is 10.2. The number of carbonyl (C=O) groups is 1. The SMILES string of the molecule is CC(C)N(Cc1nc2ccccc2c(=O)[nH]1)C(=O)/C=C/c1ccc(F)cc1. The maximum Gasteiger partial charge on any atom is 0.258 e. The normalized spacial score (nSPS) is 11.4. The van der Waals surface area contributed by atoms with Crippen molar-refractivity contribution >= 4 is 22.9 Å². The molecule has 1 aromatic heterocycles. The summed E-state index contributed by atoms with van der Waals surface area (Å²) in [5.41, 5.74) is 1.09. The Morgan fingerprint density at radius 3 is 2.59 bits per heavy atom. The number of hydrogen-bond donors (Lipinski definition) is 1. The molecule has 0 saturated carbocycles. The summed E-state index contributed by atoms with van der Waals surface area (Å²) < 4.78 is 13.0. The quantitative estimate of drug-likeness (QED) is 0.704. The van der Waals surface area contributed by atoms with Gasteiger partial charge in [0.15, 0.2) is 0 Å². The van der Waals surface area contributed by atoms with Gasteiger partial charge in [-0.3, -0.25) is 9.59 Å². The first-order valence-corrected chi connectivity index (χ1v) is 8.66. The monoisotopic (exact) mass is 365 g/mol. The molecule has 0 fully saturated rings. The summed E-state index contributed by atoms with van der Waals surface area (Å²) in [5.74, 6) is -0.116. The molecule has 6 heteroatoms. The van der Waals surface area contributed by atoms with Crippen molar-refractivity contribution in [2.24, 2.45) is 0 Å². The van der Waals surface area contributed by atoms with Crippen molar-refractivity contribution in [2.45, 2.75) is 26.4 Å². The van der Waals surface area contributed by atoms with Crippen molar-refractivity contribution in [1.82, 2.24) is 14.9 Å². The van der Waals surface area contributed by atoms with Crippen molar-refractivity contribution in [1.29, 1.82) is 0 Å². The number of aromatic nitrogens is 2. The van der Waals surface area contributed by atoms with Gasteiger partial charge in [0.2, 0.25) is 5.91 Å². The highest BCUT2D eigenvalue weighted by molar-refractivity contribution is 5.92. The van der Waals surface area contributed by atoms with E-state index >= 15 is 0 Å². The summed E-state index contributed by atoms with van der Waals surface area (Å²) in [7, 11) is 0. The minimum atomic E-state index is -0.325. The van der Waals surface area contributed by atoms with Crippen LogP contribution in [0, 0.1) is 5.82 Å². The highest BCUT2D eigenvalue weighted by Gasteiger charge is 2.17. The van der Waals surface area contributed by atoms with E-state index in [1.165, 1.54) is 18.2 Å². The van der Waals surface area contributed by atoms with Gasteiger partial charge < -0.3 is 9.88 Å². The van der Waals surface area contributed by atoms with E-state index in [-0.39, 0.29) is 29.9 Å². The molecule has 2 aromatic carbocycles. The highest BCUT2D eigenvalue weighted by atomic mass is 19.1. The van der Waals surface area contributed by atoms with Crippen molar-refractivity contribution in [3.05, 3.63) is 82.2 Å². The smallest absolute Gasteiger partial charge is 0.258 e. The molecule has 5 nitrogen and oxygen atoms in total. The van der Waals surface area contributed by atoms with Crippen molar-refractivity contribution in [3.8, 4) is 0 Å². The van der Waals surface area contributed by atoms with Gasteiger partial charge in [0.05, 0.1) is 17.4 Å². The van der Waals surface area contributed by atoms with Crippen LogP contribution in [0.5, 0.6) is 0 Å². The van der Waals surface area contributed by atoms with Gasteiger partial charge in [0.1, 0.15) is 11.6 Å². The Hall–Kier alpha value is -3.28. The molecule has 1 heterocycles. The average molecular weight is 365 g/mol. The average Bonchev–Trinajstić information content (AvgIpc) is 2.65. The second kappa shape index (κ2) is 7.95. The fourth-order valence-corrected chi connectivity index (χ4v) is 2.72. The number of aromatic amines is 1. The Bertz CT molecular complexity index is 1040. The summed E-state index contributed by atoms with van der Waals surface area (Å²) in [5, 5.41) is 0.514. The second-order valence-corrected chi connectivity index (χ2v) is 6.47. The number of nitrogens with one attached hydrogen (secondary N) is 1. The number of nitrogens with zero attached hydrogens (tertiary/aromatic N) is 2. The van der Waals surface area contributed by atoms with Crippen molar-refractivity contribution in [3.63, 3.8) is 0 Å². The second-order valence-electron chi connectivity index (χ2n) is 6.47. The van der Waals surface area contributed by atoms with Crippen LogP contribution in [-0.2, 0) is 11.3 Å². The van der Waals surface area contributed by atoms with Crippen LogP contribution in [0.2, 0.25) is 0 Å². The molecule has 3 rings (SSSR count). The first kappa shape index (κ1) is 18.5. The van der Waals surface area contributed by atoms with Gasteiger partial charge in [0.25, 0.3) is 5.56 Å². The van der Waals surface area contributed by atoms with Crippen LogP contribution in [-0.4, -0.2) is 26.8 Å². The Labute approximate surface area is 156 Å². The molecular weight excluding hydrogens is 345 g/mol. The van der Waals surface area contributed by atoms with E-state index in [9.17, 15) is 14.0 Å². The molecule has 1 N–H and O–H groups in total. The Morgan fingerprint density at radius 2 is 1.89 bits per heavy atom. The minimum Gasteiger partial charge on any atom is -0.329 e.